The predicted octanol–water partition coefficient (Wildman–Crippen LogP) is 4.54. The van der Waals surface area contributed by atoms with Crippen molar-refractivity contribution in [3.8, 4) is 5.75 Å². The Labute approximate surface area is 196 Å². The Balaban J connectivity index is 1.87. The van der Waals surface area contributed by atoms with Gasteiger partial charge in [0.05, 0.1) is 0 Å². The molecule has 0 aliphatic rings. The molecule has 0 saturated carbocycles. The molecule has 0 radical (unpaired) electrons. The van der Waals surface area contributed by atoms with Crippen LogP contribution in [0.2, 0.25) is 0 Å². The van der Waals surface area contributed by atoms with Crippen LogP contribution in [0, 0.1) is 6.92 Å². The molecular formula is C28H32N2O3. The van der Waals surface area contributed by atoms with E-state index in [1.165, 1.54) is 0 Å². The van der Waals surface area contributed by atoms with Crippen LogP contribution in [0.4, 0.5) is 0 Å². The predicted molar refractivity (Wildman–Crippen MR) is 131 cm³/mol. The molecule has 3 aromatic carbocycles. The number of benzene rings is 3. The fraction of sp³-hybridized carbons (Fsp3) is 0.286. The Bertz CT molecular complexity index is 1000. The minimum absolute atomic E-state index is 0.137. The van der Waals surface area contributed by atoms with Gasteiger partial charge in [0.15, 0.2) is 6.61 Å². The molecule has 33 heavy (non-hydrogen) atoms. The van der Waals surface area contributed by atoms with Crippen molar-refractivity contribution in [2.24, 2.45) is 0 Å². The maximum absolute atomic E-state index is 13.4. The van der Waals surface area contributed by atoms with Crippen LogP contribution in [-0.4, -0.2) is 35.9 Å². The normalized spacial score (nSPS) is 11.5. The lowest BCUT2D eigenvalue weighted by atomic mass is 10.0. The maximum atomic E-state index is 13.4. The molecule has 1 unspecified atom stereocenters. The molecule has 1 N–H and O–H groups in total. The van der Waals surface area contributed by atoms with Gasteiger partial charge in [0.25, 0.3) is 5.91 Å². The maximum Gasteiger partial charge on any atom is 0.261 e. The Hall–Kier alpha value is -3.60. The summed E-state index contributed by atoms with van der Waals surface area (Å²) in [5.41, 5.74) is 3.11. The third kappa shape index (κ3) is 7.49. The molecule has 172 valence electrons. The topological polar surface area (TPSA) is 58.6 Å². The van der Waals surface area contributed by atoms with E-state index in [1.54, 1.807) is 4.90 Å². The Morgan fingerprint density at radius 1 is 0.879 bits per heavy atom. The fourth-order valence-electron chi connectivity index (χ4n) is 3.55. The molecule has 5 nitrogen and oxygen atoms in total. The Kier molecular flexibility index (Phi) is 9.07. The van der Waals surface area contributed by atoms with Crippen LogP contribution in [0.25, 0.3) is 0 Å². The van der Waals surface area contributed by atoms with Gasteiger partial charge in [0.2, 0.25) is 5.91 Å². The van der Waals surface area contributed by atoms with E-state index in [4.69, 9.17) is 4.74 Å². The van der Waals surface area contributed by atoms with Gasteiger partial charge < -0.3 is 15.0 Å². The molecule has 0 aliphatic carbocycles. The highest BCUT2D eigenvalue weighted by molar-refractivity contribution is 5.88. The minimum Gasteiger partial charge on any atom is -0.484 e. The number of carbonyl (C=O) groups excluding carboxylic acids is 2. The van der Waals surface area contributed by atoms with E-state index in [0.717, 1.165) is 23.1 Å². The van der Waals surface area contributed by atoms with Gasteiger partial charge in [-0.2, -0.15) is 0 Å². The average molecular weight is 445 g/mol. The van der Waals surface area contributed by atoms with Gasteiger partial charge in [0.1, 0.15) is 11.8 Å². The van der Waals surface area contributed by atoms with Gasteiger partial charge in [-0.3, -0.25) is 9.59 Å². The van der Waals surface area contributed by atoms with Crippen LogP contribution in [0.15, 0.2) is 84.9 Å². The molecular weight excluding hydrogens is 412 g/mol. The smallest absolute Gasteiger partial charge is 0.261 e. The average Bonchev–Trinajstić information content (AvgIpc) is 2.85. The number of hydrogen-bond acceptors (Lipinski definition) is 3. The molecule has 0 heterocycles. The lowest BCUT2D eigenvalue weighted by Crippen LogP contribution is -2.51. The number of nitrogens with one attached hydrogen (secondary N) is 1. The fourth-order valence-corrected chi connectivity index (χ4v) is 3.55. The van der Waals surface area contributed by atoms with Gasteiger partial charge in [-0.15, -0.1) is 0 Å². The molecule has 2 amide bonds. The zero-order valence-corrected chi connectivity index (χ0v) is 19.4. The lowest BCUT2D eigenvalue weighted by molar-refractivity contribution is -0.142. The standard InChI is InChI=1S/C28H32N2O3/c1-3-18-29-28(32)26(19-23-10-6-4-7-11-23)30(20-24-16-14-22(2)15-17-24)27(31)21-33-25-12-8-5-9-13-25/h4-17,26H,3,18-21H2,1-2H3,(H,29,32). The minimum atomic E-state index is -0.646. The lowest BCUT2D eigenvalue weighted by Gasteiger charge is -2.31. The third-order valence-electron chi connectivity index (χ3n) is 5.40. The molecule has 0 spiro atoms. The van der Waals surface area contributed by atoms with Crippen LogP contribution < -0.4 is 10.1 Å². The number of amides is 2. The molecule has 0 saturated heterocycles. The van der Waals surface area contributed by atoms with Crippen molar-refractivity contribution in [2.45, 2.75) is 39.3 Å². The van der Waals surface area contributed by atoms with E-state index in [2.05, 4.69) is 5.32 Å². The highest BCUT2D eigenvalue weighted by atomic mass is 16.5. The van der Waals surface area contributed by atoms with Crippen molar-refractivity contribution in [2.75, 3.05) is 13.2 Å². The Morgan fingerprint density at radius 3 is 2.15 bits per heavy atom. The Morgan fingerprint density at radius 2 is 1.52 bits per heavy atom. The zero-order chi connectivity index (χ0) is 23.5. The molecule has 0 aromatic heterocycles. The molecule has 0 bridgehead atoms. The summed E-state index contributed by atoms with van der Waals surface area (Å²) in [5, 5.41) is 2.98. The number of aryl methyl sites for hydroxylation is 1. The van der Waals surface area contributed by atoms with Crippen LogP contribution >= 0.6 is 0 Å². The van der Waals surface area contributed by atoms with Gasteiger partial charge >= 0.3 is 0 Å². The van der Waals surface area contributed by atoms with Gasteiger partial charge in [0, 0.05) is 19.5 Å². The van der Waals surface area contributed by atoms with Crippen LogP contribution in [-0.2, 0) is 22.6 Å². The van der Waals surface area contributed by atoms with Crippen molar-refractivity contribution in [1.29, 1.82) is 0 Å². The van der Waals surface area contributed by atoms with E-state index < -0.39 is 6.04 Å². The van der Waals surface area contributed by atoms with Crippen molar-refractivity contribution < 1.29 is 14.3 Å². The number of ether oxygens (including phenoxy) is 1. The number of nitrogens with zero attached hydrogens (tertiary/aromatic N) is 1. The highest BCUT2D eigenvalue weighted by Crippen LogP contribution is 2.16. The zero-order valence-electron chi connectivity index (χ0n) is 19.4. The van der Waals surface area contributed by atoms with Crippen LogP contribution in [0.1, 0.15) is 30.0 Å². The van der Waals surface area contributed by atoms with Crippen molar-refractivity contribution >= 4 is 11.8 Å². The summed E-state index contributed by atoms with van der Waals surface area (Å²) >= 11 is 0. The highest BCUT2D eigenvalue weighted by Gasteiger charge is 2.30. The van der Waals surface area contributed by atoms with Crippen molar-refractivity contribution in [3.05, 3.63) is 102 Å². The van der Waals surface area contributed by atoms with E-state index in [1.807, 2.05) is 98.8 Å². The monoisotopic (exact) mass is 444 g/mol. The van der Waals surface area contributed by atoms with Crippen LogP contribution in [0.5, 0.6) is 5.75 Å². The SMILES string of the molecule is CCCNC(=O)C(Cc1ccccc1)N(Cc1ccc(C)cc1)C(=O)COc1ccccc1. The summed E-state index contributed by atoms with van der Waals surface area (Å²) in [6, 6.07) is 26.4. The molecule has 3 rings (SSSR count). The number of carbonyl (C=O) groups is 2. The first kappa shape index (κ1) is 24.1. The number of rotatable bonds is 11. The van der Waals surface area contributed by atoms with E-state index in [9.17, 15) is 9.59 Å². The third-order valence-corrected chi connectivity index (χ3v) is 5.40. The molecule has 0 fully saturated rings. The number of hydrogen-bond donors (Lipinski definition) is 1. The summed E-state index contributed by atoms with van der Waals surface area (Å²) in [6.07, 6.45) is 1.26. The van der Waals surface area contributed by atoms with E-state index in [0.29, 0.717) is 25.3 Å². The molecule has 1 atom stereocenters. The summed E-state index contributed by atoms with van der Waals surface area (Å²) in [5.74, 6) is 0.240. The van der Waals surface area contributed by atoms with Crippen molar-refractivity contribution in [1.82, 2.24) is 10.2 Å². The largest absolute Gasteiger partial charge is 0.484 e. The molecule has 5 heteroatoms. The summed E-state index contributed by atoms with van der Waals surface area (Å²) in [4.78, 5) is 28.3. The second-order valence-corrected chi connectivity index (χ2v) is 8.11. The molecule has 3 aromatic rings. The first-order chi connectivity index (χ1) is 16.1. The first-order valence-electron chi connectivity index (χ1n) is 11.4. The van der Waals surface area contributed by atoms with Gasteiger partial charge in [-0.05, 0) is 36.6 Å². The van der Waals surface area contributed by atoms with Crippen LogP contribution in [0.3, 0.4) is 0 Å². The summed E-state index contributed by atoms with van der Waals surface area (Å²) in [7, 11) is 0. The second-order valence-electron chi connectivity index (χ2n) is 8.11. The number of para-hydroxylation sites is 1. The quantitative estimate of drug-likeness (QED) is 0.472. The van der Waals surface area contributed by atoms with Gasteiger partial charge in [-0.25, -0.2) is 0 Å². The second kappa shape index (κ2) is 12.4. The van der Waals surface area contributed by atoms with E-state index >= 15 is 0 Å². The van der Waals surface area contributed by atoms with Crippen molar-refractivity contribution in [3.63, 3.8) is 0 Å². The summed E-state index contributed by atoms with van der Waals surface area (Å²) < 4.78 is 5.74. The first-order valence-corrected chi connectivity index (χ1v) is 11.4. The van der Waals surface area contributed by atoms with Gasteiger partial charge in [-0.1, -0.05) is 85.3 Å². The molecule has 0 aliphatic heterocycles. The summed E-state index contributed by atoms with van der Waals surface area (Å²) in [6.45, 7) is 4.79. The van der Waals surface area contributed by atoms with E-state index in [-0.39, 0.29) is 18.4 Å².